The molecule has 0 spiro atoms. The molecule has 0 saturated heterocycles. The number of halogens is 3. The molecule has 0 radical (unpaired) electrons. The molecule has 0 bridgehead atoms. The van der Waals surface area contributed by atoms with Gasteiger partial charge in [-0.05, 0) is 18.6 Å². The molecule has 0 aliphatic heterocycles. The maximum Gasteiger partial charge on any atom is 0.338 e. The zero-order valence-corrected chi connectivity index (χ0v) is 10.0. The molecule has 0 heterocycles. The summed E-state index contributed by atoms with van der Waals surface area (Å²) in [5, 5.41) is 19.1. The number of aliphatic hydroxyl groups is 2. The number of esters is 1. The van der Waals surface area contributed by atoms with Crippen molar-refractivity contribution in [3.63, 3.8) is 0 Å². The lowest BCUT2D eigenvalue weighted by Crippen LogP contribution is -2.30. The van der Waals surface area contributed by atoms with Gasteiger partial charge in [-0.2, -0.15) is 0 Å². The summed E-state index contributed by atoms with van der Waals surface area (Å²) in [5.41, 5.74) is -1.01. The summed E-state index contributed by atoms with van der Waals surface area (Å²) in [4.78, 5) is 11.2. The highest BCUT2D eigenvalue weighted by atomic mass is 19.3. The van der Waals surface area contributed by atoms with E-state index in [2.05, 4.69) is 4.74 Å². The fourth-order valence-corrected chi connectivity index (χ4v) is 1.44. The topological polar surface area (TPSA) is 66.8 Å². The summed E-state index contributed by atoms with van der Waals surface area (Å²) in [6.45, 7) is 1.51. The van der Waals surface area contributed by atoms with Gasteiger partial charge in [0, 0.05) is 0 Å². The zero-order valence-electron chi connectivity index (χ0n) is 10.0. The van der Waals surface area contributed by atoms with Gasteiger partial charge in [0.25, 0.3) is 6.43 Å². The molecule has 2 unspecified atom stereocenters. The Morgan fingerprint density at radius 3 is 2.47 bits per heavy atom. The van der Waals surface area contributed by atoms with Gasteiger partial charge < -0.3 is 14.9 Å². The molecule has 0 fully saturated rings. The number of hydrogen-bond donors (Lipinski definition) is 2. The number of aliphatic hydroxyl groups excluding tert-OH is 2. The second kappa shape index (κ2) is 6.53. The normalized spacial score (nSPS) is 14.3. The average molecular weight is 278 g/mol. The summed E-state index contributed by atoms with van der Waals surface area (Å²) >= 11 is 0. The van der Waals surface area contributed by atoms with Crippen LogP contribution in [0.25, 0.3) is 0 Å². The Balaban J connectivity index is 2.91. The first-order valence-corrected chi connectivity index (χ1v) is 5.48. The first-order valence-electron chi connectivity index (χ1n) is 5.48. The maximum absolute atomic E-state index is 13.3. The van der Waals surface area contributed by atoms with E-state index in [0.717, 1.165) is 12.1 Å². The van der Waals surface area contributed by atoms with Crippen molar-refractivity contribution in [2.24, 2.45) is 0 Å². The largest absolute Gasteiger partial charge is 0.464 e. The summed E-state index contributed by atoms with van der Waals surface area (Å²) in [7, 11) is 0. The number of carbonyl (C=O) groups excluding carboxylic acids is 1. The molecule has 0 aromatic heterocycles. The zero-order chi connectivity index (χ0) is 14.6. The molecule has 106 valence electrons. The Kier molecular flexibility index (Phi) is 5.31. The first kappa shape index (κ1) is 15.5. The molecule has 7 heteroatoms. The van der Waals surface area contributed by atoms with Gasteiger partial charge in [-0.1, -0.05) is 12.1 Å². The van der Waals surface area contributed by atoms with Crippen molar-refractivity contribution in [2.45, 2.75) is 25.6 Å². The molecule has 0 saturated carbocycles. The molecule has 0 amide bonds. The third-order valence-electron chi connectivity index (χ3n) is 2.43. The molecule has 0 aliphatic rings. The van der Waals surface area contributed by atoms with Crippen molar-refractivity contribution in [1.82, 2.24) is 0 Å². The van der Waals surface area contributed by atoms with Gasteiger partial charge in [0.1, 0.15) is 11.9 Å². The average Bonchev–Trinajstić information content (AvgIpc) is 2.36. The monoisotopic (exact) mass is 278 g/mol. The molecular formula is C12H13F3O4. The lowest BCUT2D eigenvalue weighted by molar-refractivity contribution is -0.159. The van der Waals surface area contributed by atoms with Gasteiger partial charge in [0.2, 0.25) is 0 Å². The number of carbonyl (C=O) groups is 1. The predicted molar refractivity (Wildman–Crippen MR) is 59.0 cm³/mol. The van der Waals surface area contributed by atoms with Crippen molar-refractivity contribution < 1.29 is 32.9 Å². The van der Waals surface area contributed by atoms with Gasteiger partial charge in [-0.25, -0.2) is 18.0 Å². The van der Waals surface area contributed by atoms with Crippen LogP contribution in [0.1, 0.15) is 30.6 Å². The van der Waals surface area contributed by atoms with Crippen molar-refractivity contribution in [3.05, 3.63) is 35.1 Å². The van der Waals surface area contributed by atoms with E-state index in [9.17, 15) is 28.2 Å². The van der Waals surface area contributed by atoms with Crippen LogP contribution in [0.15, 0.2) is 18.2 Å². The van der Waals surface area contributed by atoms with Crippen LogP contribution >= 0.6 is 0 Å². The number of hydrogen-bond acceptors (Lipinski definition) is 4. The van der Waals surface area contributed by atoms with Gasteiger partial charge in [-0.3, -0.25) is 0 Å². The van der Waals surface area contributed by atoms with Crippen LogP contribution in [-0.2, 0) is 9.53 Å². The fraction of sp³-hybridized carbons (Fsp3) is 0.417. The van der Waals surface area contributed by atoms with Crippen LogP contribution in [0, 0.1) is 5.82 Å². The van der Waals surface area contributed by atoms with E-state index in [1.165, 1.54) is 6.92 Å². The Morgan fingerprint density at radius 2 is 2.00 bits per heavy atom. The molecule has 4 nitrogen and oxygen atoms in total. The van der Waals surface area contributed by atoms with E-state index >= 15 is 0 Å². The van der Waals surface area contributed by atoms with Crippen LogP contribution in [-0.4, -0.2) is 28.9 Å². The second-order valence-electron chi connectivity index (χ2n) is 3.72. The van der Waals surface area contributed by atoms with Crippen LogP contribution in [0.2, 0.25) is 0 Å². The second-order valence-corrected chi connectivity index (χ2v) is 3.72. The fourth-order valence-electron chi connectivity index (χ4n) is 1.44. The minimum Gasteiger partial charge on any atom is -0.464 e. The Labute approximate surface area is 107 Å². The van der Waals surface area contributed by atoms with Crippen molar-refractivity contribution in [3.8, 4) is 0 Å². The van der Waals surface area contributed by atoms with Crippen LogP contribution in [0.4, 0.5) is 13.2 Å². The minimum absolute atomic E-state index is 0.00128. The van der Waals surface area contributed by atoms with E-state index in [-0.39, 0.29) is 12.2 Å². The number of ether oxygens (including phenoxy) is 1. The predicted octanol–water partition coefficient (Wildman–Crippen LogP) is 1.72. The van der Waals surface area contributed by atoms with Crippen LogP contribution in [0.3, 0.4) is 0 Å². The van der Waals surface area contributed by atoms with Crippen molar-refractivity contribution in [1.29, 1.82) is 0 Å². The molecule has 0 aliphatic carbocycles. The Morgan fingerprint density at radius 1 is 1.37 bits per heavy atom. The van der Waals surface area contributed by atoms with Gasteiger partial charge in [-0.15, -0.1) is 0 Å². The van der Waals surface area contributed by atoms with E-state index in [0.29, 0.717) is 6.07 Å². The van der Waals surface area contributed by atoms with Crippen molar-refractivity contribution >= 4 is 5.97 Å². The van der Waals surface area contributed by atoms with E-state index < -0.39 is 36.0 Å². The third kappa shape index (κ3) is 3.68. The summed E-state index contributed by atoms with van der Waals surface area (Å²) in [6.07, 6.45) is -6.64. The summed E-state index contributed by atoms with van der Waals surface area (Å²) < 4.78 is 42.4. The van der Waals surface area contributed by atoms with Gasteiger partial charge in [0.15, 0.2) is 6.10 Å². The molecule has 1 aromatic rings. The maximum atomic E-state index is 13.3. The SMILES string of the molecule is CCOC(=O)C(O)C(O)c1ccc(C(F)F)c(F)c1. The highest BCUT2D eigenvalue weighted by Crippen LogP contribution is 2.26. The first-order chi connectivity index (χ1) is 8.88. The highest BCUT2D eigenvalue weighted by Gasteiger charge is 2.28. The molecule has 2 N–H and O–H groups in total. The van der Waals surface area contributed by atoms with Gasteiger partial charge in [0.05, 0.1) is 12.2 Å². The van der Waals surface area contributed by atoms with E-state index in [1.807, 2.05) is 0 Å². The Bertz CT molecular complexity index is 451. The lowest BCUT2D eigenvalue weighted by Gasteiger charge is -2.17. The van der Waals surface area contributed by atoms with Gasteiger partial charge >= 0.3 is 5.97 Å². The highest BCUT2D eigenvalue weighted by molar-refractivity contribution is 5.75. The third-order valence-corrected chi connectivity index (χ3v) is 2.43. The number of alkyl halides is 2. The quantitative estimate of drug-likeness (QED) is 0.805. The number of rotatable bonds is 5. The molecule has 19 heavy (non-hydrogen) atoms. The van der Waals surface area contributed by atoms with E-state index in [1.54, 1.807) is 0 Å². The summed E-state index contributed by atoms with van der Waals surface area (Å²) in [6, 6.07) is 2.45. The van der Waals surface area contributed by atoms with E-state index in [4.69, 9.17) is 0 Å². The molecule has 1 aromatic carbocycles. The molecule has 2 atom stereocenters. The minimum atomic E-state index is -2.99. The van der Waals surface area contributed by atoms with Crippen LogP contribution < -0.4 is 0 Å². The molecular weight excluding hydrogens is 265 g/mol. The Hall–Kier alpha value is -1.60. The standard InChI is InChI=1S/C12H13F3O4/c1-2-19-12(18)10(17)9(16)6-3-4-7(11(14)15)8(13)5-6/h3-5,9-11,16-17H,2H2,1H3. The lowest BCUT2D eigenvalue weighted by atomic mass is 10.0. The summed E-state index contributed by atoms with van der Waals surface area (Å²) in [5.74, 6) is -2.30. The smallest absolute Gasteiger partial charge is 0.338 e. The van der Waals surface area contributed by atoms with Crippen LogP contribution in [0.5, 0.6) is 0 Å². The molecule has 1 rings (SSSR count). The van der Waals surface area contributed by atoms with Crippen molar-refractivity contribution in [2.75, 3.05) is 6.61 Å². The number of benzene rings is 1.